The zero-order valence-electron chi connectivity index (χ0n) is 10.2. The predicted octanol–water partition coefficient (Wildman–Crippen LogP) is 1.90. The van der Waals surface area contributed by atoms with Crippen molar-refractivity contribution in [2.45, 2.75) is 51.4 Å². The molecule has 0 spiro atoms. The maximum absolute atomic E-state index is 12.8. The zero-order chi connectivity index (χ0) is 11.1. The Hall–Kier alpha value is -0.150. The highest BCUT2D eigenvalue weighted by molar-refractivity contribution is 4.91. The van der Waals surface area contributed by atoms with E-state index in [9.17, 15) is 4.39 Å². The minimum atomic E-state index is -0.518. The van der Waals surface area contributed by atoms with Gasteiger partial charge in [-0.2, -0.15) is 0 Å². The first-order valence-corrected chi connectivity index (χ1v) is 6.10. The van der Waals surface area contributed by atoms with Crippen molar-refractivity contribution in [3.8, 4) is 0 Å². The SMILES string of the molecule is CC(C)(C)N1CCN(C2CC(F)C2)CC1. The molecule has 2 fully saturated rings. The van der Waals surface area contributed by atoms with Crippen molar-refractivity contribution in [3.63, 3.8) is 0 Å². The molecule has 0 N–H and O–H groups in total. The van der Waals surface area contributed by atoms with Crippen molar-refractivity contribution in [2.24, 2.45) is 0 Å². The molecule has 1 heterocycles. The van der Waals surface area contributed by atoms with Gasteiger partial charge >= 0.3 is 0 Å². The highest BCUT2D eigenvalue weighted by atomic mass is 19.1. The first-order valence-electron chi connectivity index (χ1n) is 6.10. The lowest BCUT2D eigenvalue weighted by Gasteiger charge is -2.47. The van der Waals surface area contributed by atoms with Crippen LogP contribution >= 0.6 is 0 Å². The lowest BCUT2D eigenvalue weighted by atomic mass is 9.88. The average Bonchev–Trinajstić information content (AvgIpc) is 2.12. The van der Waals surface area contributed by atoms with E-state index in [1.807, 2.05) is 0 Å². The Morgan fingerprint density at radius 3 is 1.93 bits per heavy atom. The Bertz CT molecular complexity index is 210. The van der Waals surface area contributed by atoms with Crippen LogP contribution in [0.2, 0.25) is 0 Å². The summed E-state index contributed by atoms with van der Waals surface area (Å²) in [5, 5.41) is 0. The Morgan fingerprint density at radius 1 is 1.00 bits per heavy atom. The number of rotatable bonds is 1. The second-order valence-corrected chi connectivity index (χ2v) is 5.92. The van der Waals surface area contributed by atoms with Gasteiger partial charge in [-0.15, -0.1) is 0 Å². The Balaban J connectivity index is 1.77. The largest absolute Gasteiger partial charge is 0.298 e. The van der Waals surface area contributed by atoms with Crippen molar-refractivity contribution in [2.75, 3.05) is 26.2 Å². The van der Waals surface area contributed by atoms with E-state index >= 15 is 0 Å². The molecule has 88 valence electrons. The normalized spacial score (nSPS) is 35.2. The molecule has 1 aliphatic carbocycles. The summed E-state index contributed by atoms with van der Waals surface area (Å²) < 4.78 is 12.8. The molecule has 2 aliphatic rings. The van der Waals surface area contributed by atoms with Crippen LogP contribution in [0.1, 0.15) is 33.6 Å². The molecular weight excluding hydrogens is 191 g/mol. The molecule has 2 nitrogen and oxygen atoms in total. The fraction of sp³-hybridized carbons (Fsp3) is 1.00. The summed E-state index contributed by atoms with van der Waals surface area (Å²) in [6.45, 7) is 11.3. The number of alkyl halides is 1. The minimum absolute atomic E-state index is 0.286. The van der Waals surface area contributed by atoms with Gasteiger partial charge in [-0.25, -0.2) is 4.39 Å². The Kier molecular flexibility index (Phi) is 3.04. The lowest BCUT2D eigenvalue weighted by Crippen LogP contribution is -2.58. The molecule has 2 rings (SSSR count). The summed E-state index contributed by atoms with van der Waals surface area (Å²) in [6, 6.07) is 0.544. The highest BCUT2D eigenvalue weighted by Gasteiger charge is 2.36. The van der Waals surface area contributed by atoms with Crippen LogP contribution in [0.3, 0.4) is 0 Å². The van der Waals surface area contributed by atoms with Gasteiger partial charge in [0.2, 0.25) is 0 Å². The van der Waals surface area contributed by atoms with Crippen LogP contribution < -0.4 is 0 Å². The van der Waals surface area contributed by atoms with Crippen LogP contribution in [0.5, 0.6) is 0 Å². The predicted molar refractivity (Wildman–Crippen MR) is 60.8 cm³/mol. The van der Waals surface area contributed by atoms with Crippen LogP contribution in [-0.2, 0) is 0 Å². The summed E-state index contributed by atoms with van der Waals surface area (Å²) in [5.74, 6) is 0. The molecule has 3 heteroatoms. The van der Waals surface area contributed by atoms with E-state index < -0.39 is 6.17 Å². The maximum atomic E-state index is 12.8. The van der Waals surface area contributed by atoms with Gasteiger partial charge in [0.05, 0.1) is 0 Å². The van der Waals surface area contributed by atoms with E-state index in [4.69, 9.17) is 0 Å². The quantitative estimate of drug-likeness (QED) is 0.658. The van der Waals surface area contributed by atoms with E-state index in [0.29, 0.717) is 6.04 Å². The second kappa shape index (κ2) is 4.02. The minimum Gasteiger partial charge on any atom is -0.298 e. The zero-order valence-corrected chi connectivity index (χ0v) is 10.2. The molecule has 1 saturated heterocycles. The second-order valence-electron chi connectivity index (χ2n) is 5.92. The molecule has 0 aromatic carbocycles. The van der Waals surface area contributed by atoms with Crippen LogP contribution in [0.15, 0.2) is 0 Å². The molecule has 0 radical (unpaired) electrons. The fourth-order valence-electron chi connectivity index (χ4n) is 2.58. The third kappa shape index (κ3) is 2.51. The summed E-state index contributed by atoms with van der Waals surface area (Å²) in [5.41, 5.74) is 0.286. The van der Waals surface area contributed by atoms with E-state index in [2.05, 4.69) is 30.6 Å². The molecule has 0 unspecified atom stereocenters. The number of piperazine rings is 1. The van der Waals surface area contributed by atoms with Gasteiger partial charge in [-0.05, 0) is 33.6 Å². The molecule has 0 aromatic heterocycles. The Morgan fingerprint density at radius 2 is 1.53 bits per heavy atom. The van der Waals surface area contributed by atoms with Gasteiger partial charge in [0.1, 0.15) is 6.17 Å². The number of nitrogens with zero attached hydrogens (tertiary/aromatic N) is 2. The molecule has 0 amide bonds. The lowest BCUT2D eigenvalue weighted by molar-refractivity contribution is -0.00353. The van der Waals surface area contributed by atoms with Gasteiger partial charge in [0, 0.05) is 37.8 Å². The molecule has 0 atom stereocenters. The maximum Gasteiger partial charge on any atom is 0.103 e. The summed E-state index contributed by atoms with van der Waals surface area (Å²) >= 11 is 0. The first kappa shape index (κ1) is 11.3. The molecule has 1 aliphatic heterocycles. The summed E-state index contributed by atoms with van der Waals surface area (Å²) in [7, 11) is 0. The van der Waals surface area contributed by atoms with Crippen molar-refractivity contribution in [3.05, 3.63) is 0 Å². The number of hydrogen-bond donors (Lipinski definition) is 0. The van der Waals surface area contributed by atoms with Gasteiger partial charge in [-0.1, -0.05) is 0 Å². The van der Waals surface area contributed by atoms with Gasteiger partial charge in [-0.3, -0.25) is 9.80 Å². The van der Waals surface area contributed by atoms with Crippen LogP contribution in [0.25, 0.3) is 0 Å². The molecule has 0 bridgehead atoms. The van der Waals surface area contributed by atoms with Crippen LogP contribution in [0.4, 0.5) is 4.39 Å². The molecular formula is C12H23FN2. The third-order valence-electron chi connectivity index (χ3n) is 3.84. The van der Waals surface area contributed by atoms with Crippen molar-refractivity contribution in [1.82, 2.24) is 9.80 Å². The fourth-order valence-corrected chi connectivity index (χ4v) is 2.58. The number of hydrogen-bond acceptors (Lipinski definition) is 2. The van der Waals surface area contributed by atoms with Crippen molar-refractivity contribution < 1.29 is 4.39 Å². The van der Waals surface area contributed by atoms with E-state index in [1.54, 1.807) is 0 Å². The average molecular weight is 214 g/mol. The summed E-state index contributed by atoms with van der Waals surface area (Å²) in [4.78, 5) is 4.99. The number of halogens is 1. The van der Waals surface area contributed by atoms with Gasteiger partial charge in [0.25, 0.3) is 0 Å². The van der Waals surface area contributed by atoms with Gasteiger partial charge in [0.15, 0.2) is 0 Å². The Labute approximate surface area is 92.4 Å². The monoisotopic (exact) mass is 214 g/mol. The van der Waals surface area contributed by atoms with Gasteiger partial charge < -0.3 is 0 Å². The van der Waals surface area contributed by atoms with Crippen LogP contribution in [0, 0.1) is 0 Å². The van der Waals surface area contributed by atoms with Crippen molar-refractivity contribution in [1.29, 1.82) is 0 Å². The molecule has 0 aromatic rings. The van der Waals surface area contributed by atoms with E-state index in [1.165, 1.54) is 0 Å². The topological polar surface area (TPSA) is 6.48 Å². The molecule has 1 saturated carbocycles. The standard InChI is InChI=1S/C12H23FN2/c1-12(2,3)15-6-4-14(5-7-15)11-8-10(13)9-11/h10-11H,4-9H2,1-3H3. The van der Waals surface area contributed by atoms with Crippen molar-refractivity contribution >= 4 is 0 Å². The first-order chi connectivity index (χ1) is 6.97. The highest BCUT2D eigenvalue weighted by Crippen LogP contribution is 2.29. The van der Waals surface area contributed by atoms with E-state index in [-0.39, 0.29) is 5.54 Å². The smallest absolute Gasteiger partial charge is 0.103 e. The van der Waals surface area contributed by atoms with Crippen LogP contribution in [-0.4, -0.2) is 53.7 Å². The third-order valence-corrected chi connectivity index (χ3v) is 3.84. The van der Waals surface area contributed by atoms with E-state index in [0.717, 1.165) is 39.0 Å². The summed E-state index contributed by atoms with van der Waals surface area (Å²) in [6.07, 6.45) is 1.03. The molecule has 15 heavy (non-hydrogen) atoms.